The summed E-state index contributed by atoms with van der Waals surface area (Å²) in [6, 6.07) is 0. The fourth-order valence-electron chi connectivity index (χ4n) is 3.78. The number of ether oxygens (including phenoxy) is 1. The summed E-state index contributed by atoms with van der Waals surface area (Å²) in [4.78, 5) is 11.8. The normalized spacial score (nSPS) is 31.6. The Morgan fingerprint density at radius 1 is 1.36 bits per heavy atom. The molecule has 2 fully saturated rings. The minimum absolute atomic E-state index is 0.101. The van der Waals surface area contributed by atoms with Crippen LogP contribution in [0.2, 0.25) is 0 Å². The van der Waals surface area contributed by atoms with Crippen molar-refractivity contribution in [2.24, 2.45) is 17.8 Å². The summed E-state index contributed by atoms with van der Waals surface area (Å²) >= 11 is 0. The Labute approximate surface area is 128 Å². The van der Waals surface area contributed by atoms with Crippen LogP contribution in [-0.4, -0.2) is 29.0 Å². The second-order valence-corrected chi connectivity index (χ2v) is 7.04. The second kappa shape index (κ2) is 5.87. The van der Waals surface area contributed by atoms with Crippen molar-refractivity contribution in [3.8, 4) is 0 Å². The molecule has 0 spiro atoms. The Kier molecular flexibility index (Phi) is 4.62. The summed E-state index contributed by atoms with van der Waals surface area (Å²) < 4.78 is 44.2. The van der Waals surface area contributed by atoms with Crippen molar-refractivity contribution in [2.45, 2.75) is 63.8 Å². The lowest BCUT2D eigenvalue weighted by atomic mass is 9.80. The number of hydrogen-bond donors (Lipinski definition) is 1. The highest BCUT2D eigenvalue weighted by molar-refractivity contribution is 5.87. The molecule has 2 bridgehead atoms. The van der Waals surface area contributed by atoms with Gasteiger partial charge in [0.1, 0.15) is 6.10 Å². The number of carbonyl (C=O) groups excluding carboxylic acids is 1. The van der Waals surface area contributed by atoms with Gasteiger partial charge in [-0.25, -0.2) is 4.79 Å². The van der Waals surface area contributed by atoms with E-state index in [1.54, 1.807) is 0 Å². The van der Waals surface area contributed by atoms with E-state index in [-0.39, 0.29) is 17.4 Å². The predicted molar refractivity (Wildman–Crippen MR) is 74.9 cm³/mol. The maximum atomic E-state index is 13.0. The van der Waals surface area contributed by atoms with Crippen molar-refractivity contribution in [1.29, 1.82) is 0 Å². The predicted octanol–water partition coefficient (Wildman–Crippen LogP) is 3.61. The third-order valence-electron chi connectivity index (χ3n) is 5.09. The Morgan fingerprint density at radius 2 is 2.00 bits per heavy atom. The number of fused-ring (bicyclic) bond motifs is 2. The van der Waals surface area contributed by atoms with E-state index in [1.165, 1.54) is 6.92 Å². The van der Waals surface area contributed by atoms with E-state index in [2.05, 4.69) is 6.58 Å². The van der Waals surface area contributed by atoms with Gasteiger partial charge in [-0.1, -0.05) is 13.0 Å². The molecule has 0 saturated heterocycles. The van der Waals surface area contributed by atoms with Crippen molar-refractivity contribution in [3.63, 3.8) is 0 Å². The molecule has 0 aromatic carbocycles. The first-order valence-electron chi connectivity index (χ1n) is 7.67. The van der Waals surface area contributed by atoms with Gasteiger partial charge in [-0.2, -0.15) is 13.2 Å². The molecule has 2 aliphatic rings. The molecule has 2 saturated carbocycles. The SMILES string of the molecule is C=C(C)C(=O)OC(CC(C)(O)C(F)(F)F)C1CC2CCC1C2. The van der Waals surface area contributed by atoms with E-state index in [0.29, 0.717) is 5.92 Å². The van der Waals surface area contributed by atoms with Crippen LogP contribution in [-0.2, 0) is 9.53 Å². The number of halogens is 3. The van der Waals surface area contributed by atoms with E-state index in [9.17, 15) is 23.1 Å². The molecule has 2 aliphatic carbocycles. The highest BCUT2D eigenvalue weighted by Gasteiger charge is 2.54. The number of rotatable bonds is 5. The third kappa shape index (κ3) is 3.47. The van der Waals surface area contributed by atoms with Crippen molar-refractivity contribution in [1.82, 2.24) is 0 Å². The fourth-order valence-corrected chi connectivity index (χ4v) is 3.78. The van der Waals surface area contributed by atoms with Crippen LogP contribution in [0.5, 0.6) is 0 Å². The molecule has 0 aliphatic heterocycles. The van der Waals surface area contributed by atoms with Gasteiger partial charge in [-0.05, 0) is 50.9 Å². The fraction of sp³-hybridized carbons (Fsp3) is 0.812. The van der Waals surface area contributed by atoms with Crippen LogP contribution in [0.25, 0.3) is 0 Å². The molecule has 22 heavy (non-hydrogen) atoms. The van der Waals surface area contributed by atoms with Gasteiger partial charge in [0, 0.05) is 12.0 Å². The second-order valence-electron chi connectivity index (χ2n) is 7.04. The van der Waals surface area contributed by atoms with Gasteiger partial charge in [0.15, 0.2) is 5.60 Å². The van der Waals surface area contributed by atoms with E-state index in [4.69, 9.17) is 4.74 Å². The van der Waals surface area contributed by atoms with Crippen molar-refractivity contribution in [2.75, 3.05) is 0 Å². The summed E-state index contributed by atoms with van der Waals surface area (Å²) in [6.07, 6.45) is -2.48. The minimum Gasteiger partial charge on any atom is -0.459 e. The monoisotopic (exact) mass is 320 g/mol. The quantitative estimate of drug-likeness (QED) is 0.622. The van der Waals surface area contributed by atoms with Crippen LogP contribution >= 0.6 is 0 Å². The highest BCUT2D eigenvalue weighted by Crippen LogP contribution is 2.51. The van der Waals surface area contributed by atoms with E-state index >= 15 is 0 Å². The van der Waals surface area contributed by atoms with Gasteiger partial charge in [0.2, 0.25) is 0 Å². The highest BCUT2D eigenvalue weighted by atomic mass is 19.4. The van der Waals surface area contributed by atoms with Crippen molar-refractivity contribution < 1.29 is 27.8 Å². The Bertz CT molecular complexity index is 456. The molecule has 5 atom stereocenters. The zero-order chi connectivity index (χ0) is 16.7. The van der Waals surface area contributed by atoms with Gasteiger partial charge in [-0.15, -0.1) is 0 Å². The summed E-state index contributed by atoms with van der Waals surface area (Å²) in [5.74, 6) is 0.00967. The molecule has 1 N–H and O–H groups in total. The smallest absolute Gasteiger partial charge is 0.417 e. The van der Waals surface area contributed by atoms with Crippen molar-refractivity contribution in [3.05, 3.63) is 12.2 Å². The molecule has 0 heterocycles. The number of carbonyl (C=O) groups is 1. The molecule has 0 aromatic rings. The first-order valence-corrected chi connectivity index (χ1v) is 7.67. The molecule has 0 radical (unpaired) electrons. The topological polar surface area (TPSA) is 46.5 Å². The third-order valence-corrected chi connectivity index (χ3v) is 5.09. The zero-order valence-electron chi connectivity index (χ0n) is 12.9. The first kappa shape index (κ1) is 17.3. The summed E-state index contributed by atoms with van der Waals surface area (Å²) in [5.41, 5.74) is -2.71. The molecular formula is C16H23F3O3. The van der Waals surface area contributed by atoms with E-state index < -0.39 is 30.3 Å². The van der Waals surface area contributed by atoms with Gasteiger partial charge in [0.05, 0.1) is 0 Å². The number of aliphatic hydroxyl groups is 1. The van der Waals surface area contributed by atoms with Crippen LogP contribution in [0.3, 0.4) is 0 Å². The van der Waals surface area contributed by atoms with Crippen LogP contribution in [0, 0.1) is 17.8 Å². The molecule has 3 nitrogen and oxygen atoms in total. The number of esters is 1. The summed E-state index contributed by atoms with van der Waals surface area (Å²) in [5, 5.41) is 9.76. The lowest BCUT2D eigenvalue weighted by Crippen LogP contribution is -2.47. The Morgan fingerprint density at radius 3 is 2.41 bits per heavy atom. The molecule has 126 valence electrons. The average Bonchev–Trinajstić information content (AvgIpc) is 2.98. The van der Waals surface area contributed by atoms with Crippen molar-refractivity contribution >= 4 is 5.97 Å². The van der Waals surface area contributed by atoms with Crippen LogP contribution < -0.4 is 0 Å². The van der Waals surface area contributed by atoms with E-state index in [0.717, 1.165) is 32.6 Å². The van der Waals surface area contributed by atoms with Gasteiger partial charge in [-0.3, -0.25) is 0 Å². The maximum absolute atomic E-state index is 13.0. The van der Waals surface area contributed by atoms with Crippen LogP contribution in [0.4, 0.5) is 13.2 Å². The standard InChI is InChI=1S/C16H23F3O3/c1-9(2)14(20)22-13(8-15(3,21)16(17,18)19)12-7-10-4-5-11(12)6-10/h10-13,21H,1,4-8H2,2-3H3. The Hall–Kier alpha value is -1.04. The maximum Gasteiger partial charge on any atom is 0.417 e. The Balaban J connectivity index is 2.15. The van der Waals surface area contributed by atoms with Gasteiger partial charge >= 0.3 is 12.1 Å². The zero-order valence-corrected chi connectivity index (χ0v) is 12.9. The van der Waals surface area contributed by atoms with Gasteiger partial charge < -0.3 is 9.84 Å². The number of alkyl halides is 3. The van der Waals surface area contributed by atoms with Gasteiger partial charge in [0.25, 0.3) is 0 Å². The molecule has 0 aromatic heterocycles. The van der Waals surface area contributed by atoms with E-state index in [1.807, 2.05) is 0 Å². The average molecular weight is 320 g/mol. The minimum atomic E-state index is -4.75. The molecule has 0 amide bonds. The summed E-state index contributed by atoms with van der Waals surface area (Å²) in [6.45, 7) is 5.67. The van der Waals surface area contributed by atoms with Crippen LogP contribution in [0.15, 0.2) is 12.2 Å². The molecule has 2 rings (SSSR count). The molecule has 6 heteroatoms. The lowest BCUT2D eigenvalue weighted by molar-refractivity contribution is -0.263. The van der Waals surface area contributed by atoms with Crippen LogP contribution in [0.1, 0.15) is 46.0 Å². The summed E-state index contributed by atoms with van der Waals surface area (Å²) in [7, 11) is 0. The molecule has 5 unspecified atom stereocenters. The number of hydrogen-bond acceptors (Lipinski definition) is 3. The molecular weight excluding hydrogens is 297 g/mol. The lowest BCUT2D eigenvalue weighted by Gasteiger charge is -2.35. The largest absolute Gasteiger partial charge is 0.459 e. The first-order chi connectivity index (χ1) is 10.0.